The summed E-state index contributed by atoms with van der Waals surface area (Å²) in [5.74, 6) is -0.331. The summed E-state index contributed by atoms with van der Waals surface area (Å²) >= 11 is 0. The number of hydrogen-bond acceptors (Lipinski definition) is 3. The molecule has 0 aromatic rings. The molecule has 1 fully saturated rings. The SMILES string of the molecule is I.NC(=NCC(=O)NCC(F)F)N1CCOCC1. The van der Waals surface area contributed by atoms with Gasteiger partial charge >= 0.3 is 0 Å². The number of ether oxygens (including phenoxy) is 1. The van der Waals surface area contributed by atoms with Crippen LogP contribution in [-0.2, 0) is 9.53 Å². The van der Waals surface area contributed by atoms with Crippen LogP contribution < -0.4 is 11.1 Å². The standard InChI is InChI=1S/C9H16F2N4O2.HI/c10-7(11)5-13-8(16)6-14-9(12)15-1-3-17-4-2-15;/h7H,1-6H2,(H2,12,14)(H,13,16);1H. The molecule has 0 radical (unpaired) electrons. The third-order valence-electron chi connectivity index (χ3n) is 2.17. The molecule has 0 aliphatic carbocycles. The van der Waals surface area contributed by atoms with Gasteiger partial charge in [-0.25, -0.2) is 13.8 Å². The molecule has 1 rings (SSSR count). The van der Waals surface area contributed by atoms with Crippen LogP contribution in [0, 0.1) is 0 Å². The second-order valence-electron chi connectivity index (χ2n) is 3.47. The Bertz CT molecular complexity index is 286. The van der Waals surface area contributed by atoms with Gasteiger partial charge in [-0.2, -0.15) is 0 Å². The zero-order valence-corrected chi connectivity index (χ0v) is 12.1. The Morgan fingerprint density at radius 1 is 1.44 bits per heavy atom. The molecule has 106 valence electrons. The van der Waals surface area contributed by atoms with Crippen molar-refractivity contribution in [3.63, 3.8) is 0 Å². The Labute approximate surface area is 121 Å². The van der Waals surface area contributed by atoms with E-state index in [4.69, 9.17) is 10.5 Å². The lowest BCUT2D eigenvalue weighted by atomic mass is 10.4. The van der Waals surface area contributed by atoms with E-state index in [1.165, 1.54) is 0 Å². The molecule has 0 atom stereocenters. The van der Waals surface area contributed by atoms with Gasteiger partial charge in [0.2, 0.25) is 5.91 Å². The summed E-state index contributed by atoms with van der Waals surface area (Å²) in [6, 6.07) is 0. The number of carbonyl (C=O) groups excluding carboxylic acids is 1. The average molecular weight is 378 g/mol. The highest BCUT2D eigenvalue weighted by atomic mass is 127. The minimum absolute atomic E-state index is 0. The molecule has 3 N–H and O–H groups in total. The number of nitrogens with one attached hydrogen (secondary N) is 1. The van der Waals surface area contributed by atoms with E-state index in [0.717, 1.165) is 0 Å². The van der Waals surface area contributed by atoms with Crippen LogP contribution in [0.2, 0.25) is 0 Å². The number of guanidine groups is 1. The average Bonchev–Trinajstić information content (AvgIpc) is 2.34. The summed E-state index contributed by atoms with van der Waals surface area (Å²) in [4.78, 5) is 16.7. The first-order valence-electron chi connectivity index (χ1n) is 5.27. The summed E-state index contributed by atoms with van der Waals surface area (Å²) in [6.07, 6.45) is -2.56. The molecule has 0 saturated carbocycles. The normalized spacial score (nSPS) is 16.4. The van der Waals surface area contributed by atoms with E-state index in [0.29, 0.717) is 26.3 Å². The molecule has 0 aromatic carbocycles. The molecule has 1 aliphatic heterocycles. The molecule has 0 spiro atoms. The molecule has 1 saturated heterocycles. The van der Waals surface area contributed by atoms with Crippen molar-refractivity contribution in [2.75, 3.05) is 39.4 Å². The van der Waals surface area contributed by atoms with E-state index in [2.05, 4.69) is 4.99 Å². The highest BCUT2D eigenvalue weighted by Crippen LogP contribution is 1.95. The molecular weight excluding hydrogens is 361 g/mol. The van der Waals surface area contributed by atoms with E-state index < -0.39 is 18.9 Å². The first kappa shape index (κ1) is 17.3. The zero-order valence-electron chi connectivity index (χ0n) is 9.77. The van der Waals surface area contributed by atoms with Gasteiger partial charge in [0.1, 0.15) is 6.54 Å². The summed E-state index contributed by atoms with van der Waals surface area (Å²) in [6.45, 7) is 1.46. The van der Waals surface area contributed by atoms with Crippen LogP contribution in [0.25, 0.3) is 0 Å². The molecule has 9 heteroatoms. The third-order valence-corrected chi connectivity index (χ3v) is 2.17. The Balaban J connectivity index is 0.00000289. The van der Waals surface area contributed by atoms with E-state index in [9.17, 15) is 13.6 Å². The second kappa shape index (κ2) is 9.25. The summed E-state index contributed by atoms with van der Waals surface area (Å²) < 4.78 is 28.7. The molecule has 1 aliphatic rings. The molecular formula is C9H17F2IN4O2. The van der Waals surface area contributed by atoms with Crippen molar-refractivity contribution in [3.05, 3.63) is 0 Å². The van der Waals surface area contributed by atoms with Gasteiger partial charge in [0.15, 0.2) is 5.96 Å². The molecule has 0 bridgehead atoms. The van der Waals surface area contributed by atoms with Crippen LogP contribution in [0.3, 0.4) is 0 Å². The fourth-order valence-corrected chi connectivity index (χ4v) is 1.29. The fourth-order valence-electron chi connectivity index (χ4n) is 1.29. The van der Waals surface area contributed by atoms with Gasteiger partial charge in [0.05, 0.1) is 19.8 Å². The van der Waals surface area contributed by atoms with E-state index >= 15 is 0 Å². The van der Waals surface area contributed by atoms with Crippen molar-refractivity contribution < 1.29 is 18.3 Å². The largest absolute Gasteiger partial charge is 0.378 e. The van der Waals surface area contributed by atoms with Gasteiger partial charge in [-0.3, -0.25) is 4.79 Å². The van der Waals surface area contributed by atoms with Gasteiger partial charge in [-0.1, -0.05) is 0 Å². The maximum Gasteiger partial charge on any atom is 0.255 e. The van der Waals surface area contributed by atoms with Gasteiger partial charge in [-0.15, -0.1) is 24.0 Å². The fraction of sp³-hybridized carbons (Fsp3) is 0.778. The smallest absolute Gasteiger partial charge is 0.255 e. The molecule has 1 amide bonds. The number of rotatable bonds is 4. The Hall–Kier alpha value is -0.710. The number of alkyl halides is 2. The summed E-state index contributed by atoms with van der Waals surface area (Å²) in [5, 5.41) is 2.05. The third kappa shape index (κ3) is 6.89. The topological polar surface area (TPSA) is 79.9 Å². The number of amides is 1. The Morgan fingerprint density at radius 2 is 2.06 bits per heavy atom. The summed E-state index contributed by atoms with van der Waals surface area (Å²) in [7, 11) is 0. The minimum atomic E-state index is -2.56. The van der Waals surface area contributed by atoms with E-state index in [1.807, 2.05) is 5.32 Å². The molecule has 6 nitrogen and oxygen atoms in total. The first-order valence-corrected chi connectivity index (χ1v) is 5.27. The lowest BCUT2D eigenvalue weighted by Gasteiger charge is -2.27. The van der Waals surface area contributed by atoms with Crippen LogP contribution in [-0.4, -0.2) is 62.6 Å². The van der Waals surface area contributed by atoms with E-state index in [1.54, 1.807) is 4.90 Å². The monoisotopic (exact) mass is 378 g/mol. The van der Waals surface area contributed by atoms with Crippen molar-refractivity contribution in [3.8, 4) is 0 Å². The molecule has 0 unspecified atom stereocenters. The van der Waals surface area contributed by atoms with Crippen LogP contribution in [0.5, 0.6) is 0 Å². The number of halogens is 3. The predicted molar refractivity (Wildman–Crippen MR) is 73.3 cm³/mol. The van der Waals surface area contributed by atoms with Gasteiger partial charge in [0, 0.05) is 13.1 Å². The maximum atomic E-state index is 11.8. The maximum absolute atomic E-state index is 11.8. The number of aliphatic imine (C=N–C) groups is 1. The lowest BCUT2D eigenvalue weighted by Crippen LogP contribution is -2.45. The summed E-state index contributed by atoms with van der Waals surface area (Å²) in [5.41, 5.74) is 5.64. The van der Waals surface area contributed by atoms with Crippen LogP contribution >= 0.6 is 24.0 Å². The van der Waals surface area contributed by atoms with Crippen molar-refractivity contribution in [2.45, 2.75) is 6.43 Å². The highest BCUT2D eigenvalue weighted by Gasteiger charge is 2.12. The highest BCUT2D eigenvalue weighted by molar-refractivity contribution is 14.0. The van der Waals surface area contributed by atoms with Gasteiger partial charge in [0.25, 0.3) is 6.43 Å². The van der Waals surface area contributed by atoms with Crippen LogP contribution in [0.4, 0.5) is 8.78 Å². The quantitative estimate of drug-likeness (QED) is 0.398. The van der Waals surface area contributed by atoms with Crippen molar-refractivity contribution in [1.29, 1.82) is 0 Å². The number of morpholine rings is 1. The Morgan fingerprint density at radius 3 is 2.61 bits per heavy atom. The number of hydrogen-bond donors (Lipinski definition) is 2. The number of nitrogens with two attached hydrogens (primary N) is 1. The van der Waals surface area contributed by atoms with Crippen molar-refractivity contribution in [1.82, 2.24) is 10.2 Å². The first-order chi connectivity index (χ1) is 8.09. The number of carbonyl (C=O) groups is 1. The lowest BCUT2D eigenvalue weighted by molar-refractivity contribution is -0.120. The van der Waals surface area contributed by atoms with Crippen LogP contribution in [0.15, 0.2) is 4.99 Å². The van der Waals surface area contributed by atoms with Gasteiger partial charge < -0.3 is 20.7 Å². The predicted octanol–water partition coefficient (Wildman–Crippen LogP) is -0.367. The van der Waals surface area contributed by atoms with Crippen molar-refractivity contribution in [2.24, 2.45) is 10.7 Å². The zero-order chi connectivity index (χ0) is 12.7. The Kier molecular flexibility index (Phi) is 8.89. The molecule has 0 aromatic heterocycles. The number of nitrogens with zero attached hydrogens (tertiary/aromatic N) is 2. The van der Waals surface area contributed by atoms with Crippen LogP contribution in [0.1, 0.15) is 0 Å². The van der Waals surface area contributed by atoms with E-state index in [-0.39, 0.29) is 36.5 Å². The molecule has 18 heavy (non-hydrogen) atoms. The van der Waals surface area contributed by atoms with Gasteiger partial charge in [-0.05, 0) is 0 Å². The molecule has 1 heterocycles. The minimum Gasteiger partial charge on any atom is -0.378 e. The second-order valence-corrected chi connectivity index (χ2v) is 3.47. The van der Waals surface area contributed by atoms with Crippen molar-refractivity contribution >= 4 is 35.8 Å².